The maximum Gasteiger partial charge on any atom is 0.205 e. The Morgan fingerprint density at radius 3 is 3.00 bits per heavy atom. The fraction of sp³-hybridized carbons (Fsp3) is 0.455. The van der Waals surface area contributed by atoms with E-state index in [1.165, 1.54) is 0 Å². The SMILES string of the molecule is [C-]#[N+]c1ccc(N2CCCNCC2)nc1. The van der Waals surface area contributed by atoms with Crippen molar-refractivity contribution in [2.45, 2.75) is 6.42 Å². The second-order valence-electron chi connectivity index (χ2n) is 3.58. The van der Waals surface area contributed by atoms with Crippen LogP contribution in [0.1, 0.15) is 6.42 Å². The van der Waals surface area contributed by atoms with E-state index in [1.807, 2.05) is 12.1 Å². The molecule has 0 unspecified atom stereocenters. The molecule has 1 aromatic rings. The summed E-state index contributed by atoms with van der Waals surface area (Å²) in [5.74, 6) is 0.978. The van der Waals surface area contributed by atoms with E-state index in [0.717, 1.165) is 38.4 Å². The van der Waals surface area contributed by atoms with Crippen LogP contribution in [0.5, 0.6) is 0 Å². The summed E-state index contributed by atoms with van der Waals surface area (Å²) in [6, 6.07) is 3.76. The van der Waals surface area contributed by atoms with E-state index in [4.69, 9.17) is 6.57 Å². The van der Waals surface area contributed by atoms with Crippen LogP contribution in [0.4, 0.5) is 11.5 Å². The molecule has 78 valence electrons. The third kappa shape index (κ3) is 2.45. The minimum absolute atomic E-state index is 0.603. The van der Waals surface area contributed by atoms with Crippen LogP contribution in [-0.2, 0) is 0 Å². The van der Waals surface area contributed by atoms with Gasteiger partial charge in [-0.25, -0.2) is 4.85 Å². The summed E-state index contributed by atoms with van der Waals surface area (Å²) in [6.45, 7) is 11.0. The summed E-state index contributed by atoms with van der Waals surface area (Å²) in [6.07, 6.45) is 2.78. The van der Waals surface area contributed by atoms with Gasteiger partial charge < -0.3 is 10.2 Å². The maximum absolute atomic E-state index is 6.85. The van der Waals surface area contributed by atoms with Crippen molar-refractivity contribution in [2.75, 3.05) is 31.1 Å². The molecule has 1 saturated heterocycles. The van der Waals surface area contributed by atoms with E-state index in [2.05, 4.69) is 20.0 Å². The molecule has 1 fully saturated rings. The molecule has 15 heavy (non-hydrogen) atoms. The fourth-order valence-electron chi connectivity index (χ4n) is 1.71. The molecule has 1 N–H and O–H groups in total. The zero-order valence-corrected chi connectivity index (χ0v) is 8.61. The van der Waals surface area contributed by atoms with Gasteiger partial charge in [0, 0.05) is 25.8 Å². The van der Waals surface area contributed by atoms with Gasteiger partial charge in [-0.3, -0.25) is 4.98 Å². The van der Waals surface area contributed by atoms with Crippen LogP contribution in [-0.4, -0.2) is 31.2 Å². The lowest BCUT2D eigenvalue weighted by molar-refractivity contribution is 0.724. The molecular formula is C11H14N4. The van der Waals surface area contributed by atoms with Crippen molar-refractivity contribution in [2.24, 2.45) is 0 Å². The second-order valence-corrected chi connectivity index (χ2v) is 3.58. The molecule has 4 heteroatoms. The van der Waals surface area contributed by atoms with Crippen molar-refractivity contribution in [3.05, 3.63) is 29.7 Å². The lowest BCUT2D eigenvalue weighted by Crippen LogP contribution is -2.28. The van der Waals surface area contributed by atoms with Gasteiger partial charge in [0.1, 0.15) is 5.82 Å². The molecular weight excluding hydrogens is 188 g/mol. The molecule has 4 nitrogen and oxygen atoms in total. The van der Waals surface area contributed by atoms with Crippen molar-refractivity contribution in [3.63, 3.8) is 0 Å². The second kappa shape index (κ2) is 4.76. The lowest BCUT2D eigenvalue weighted by atomic mass is 10.3. The third-order valence-electron chi connectivity index (χ3n) is 2.53. The van der Waals surface area contributed by atoms with E-state index in [-0.39, 0.29) is 0 Å². The molecule has 0 aromatic carbocycles. The Labute approximate surface area is 89.7 Å². The molecule has 2 heterocycles. The first-order valence-electron chi connectivity index (χ1n) is 5.19. The Balaban J connectivity index is 2.10. The Morgan fingerprint density at radius 2 is 2.27 bits per heavy atom. The summed E-state index contributed by atoms with van der Waals surface area (Å²) in [7, 11) is 0. The van der Waals surface area contributed by atoms with Crippen LogP contribution in [0.3, 0.4) is 0 Å². The molecule has 2 rings (SSSR count). The van der Waals surface area contributed by atoms with Crippen molar-refractivity contribution >= 4 is 11.5 Å². The number of pyridine rings is 1. The van der Waals surface area contributed by atoms with Crippen LogP contribution in [0.2, 0.25) is 0 Å². The average Bonchev–Trinajstić information content (AvgIpc) is 2.58. The summed E-state index contributed by atoms with van der Waals surface area (Å²) < 4.78 is 0. The summed E-state index contributed by atoms with van der Waals surface area (Å²) >= 11 is 0. The number of hydrogen-bond acceptors (Lipinski definition) is 3. The maximum atomic E-state index is 6.85. The summed E-state index contributed by atoms with van der Waals surface area (Å²) in [5, 5.41) is 3.35. The van der Waals surface area contributed by atoms with Gasteiger partial charge in [0.2, 0.25) is 5.69 Å². The largest absolute Gasteiger partial charge is 0.355 e. The first kappa shape index (κ1) is 9.94. The number of anilines is 1. The molecule has 0 aliphatic carbocycles. The standard InChI is InChI=1S/C11H14N4/c1-12-10-3-4-11(14-9-10)15-7-2-5-13-6-8-15/h3-4,9,13H,2,5-8H2. The molecule has 0 bridgehead atoms. The normalized spacial score (nSPS) is 16.9. The van der Waals surface area contributed by atoms with Gasteiger partial charge in [0.15, 0.2) is 0 Å². The monoisotopic (exact) mass is 202 g/mol. The van der Waals surface area contributed by atoms with Gasteiger partial charge >= 0.3 is 0 Å². The van der Waals surface area contributed by atoms with Crippen LogP contribution in [0, 0.1) is 6.57 Å². The van der Waals surface area contributed by atoms with Gasteiger partial charge in [-0.2, -0.15) is 0 Å². The first-order chi connectivity index (χ1) is 7.40. The zero-order chi connectivity index (χ0) is 10.5. The quantitative estimate of drug-likeness (QED) is 0.699. The van der Waals surface area contributed by atoms with Crippen LogP contribution >= 0.6 is 0 Å². The number of nitrogens with zero attached hydrogens (tertiary/aromatic N) is 3. The van der Waals surface area contributed by atoms with E-state index in [0.29, 0.717) is 5.69 Å². The Bertz CT molecular complexity index is 344. The Morgan fingerprint density at radius 1 is 1.33 bits per heavy atom. The van der Waals surface area contributed by atoms with E-state index in [1.54, 1.807) is 6.20 Å². The Hall–Kier alpha value is -1.60. The molecule has 0 radical (unpaired) electrons. The average molecular weight is 202 g/mol. The number of aromatic nitrogens is 1. The molecule has 1 aliphatic rings. The number of hydrogen-bond donors (Lipinski definition) is 1. The van der Waals surface area contributed by atoms with Gasteiger partial charge in [0.25, 0.3) is 0 Å². The molecule has 1 aliphatic heterocycles. The van der Waals surface area contributed by atoms with E-state index < -0.39 is 0 Å². The van der Waals surface area contributed by atoms with Crippen LogP contribution in [0.25, 0.3) is 4.85 Å². The molecule has 1 aromatic heterocycles. The topological polar surface area (TPSA) is 32.5 Å². The van der Waals surface area contributed by atoms with E-state index >= 15 is 0 Å². The number of nitrogens with one attached hydrogen (secondary N) is 1. The van der Waals surface area contributed by atoms with Crippen LogP contribution in [0.15, 0.2) is 18.3 Å². The summed E-state index contributed by atoms with van der Waals surface area (Å²) in [4.78, 5) is 9.89. The molecule has 0 saturated carbocycles. The smallest absolute Gasteiger partial charge is 0.205 e. The highest BCUT2D eigenvalue weighted by Crippen LogP contribution is 2.16. The van der Waals surface area contributed by atoms with Gasteiger partial charge in [-0.1, -0.05) is 6.07 Å². The van der Waals surface area contributed by atoms with Crippen molar-refractivity contribution in [1.29, 1.82) is 0 Å². The zero-order valence-electron chi connectivity index (χ0n) is 8.61. The lowest BCUT2D eigenvalue weighted by Gasteiger charge is -2.20. The molecule has 0 atom stereocenters. The van der Waals surface area contributed by atoms with Gasteiger partial charge in [-0.15, -0.1) is 0 Å². The first-order valence-corrected chi connectivity index (χ1v) is 5.19. The van der Waals surface area contributed by atoms with Crippen molar-refractivity contribution in [1.82, 2.24) is 10.3 Å². The molecule has 0 amide bonds. The Kier molecular flexibility index (Phi) is 3.15. The minimum atomic E-state index is 0.603. The highest BCUT2D eigenvalue weighted by atomic mass is 15.2. The predicted octanol–water partition coefficient (Wildman–Crippen LogP) is 1.43. The van der Waals surface area contributed by atoms with Crippen LogP contribution < -0.4 is 10.2 Å². The minimum Gasteiger partial charge on any atom is -0.355 e. The van der Waals surface area contributed by atoms with Gasteiger partial charge in [-0.05, 0) is 19.0 Å². The van der Waals surface area contributed by atoms with E-state index in [9.17, 15) is 0 Å². The molecule has 0 spiro atoms. The number of rotatable bonds is 1. The van der Waals surface area contributed by atoms with Crippen molar-refractivity contribution < 1.29 is 0 Å². The highest BCUT2D eigenvalue weighted by molar-refractivity contribution is 5.49. The van der Waals surface area contributed by atoms with Crippen molar-refractivity contribution in [3.8, 4) is 0 Å². The highest BCUT2D eigenvalue weighted by Gasteiger charge is 2.09. The van der Waals surface area contributed by atoms with Gasteiger partial charge in [0.05, 0.1) is 6.57 Å². The summed E-state index contributed by atoms with van der Waals surface area (Å²) in [5.41, 5.74) is 0.603. The fourth-order valence-corrected chi connectivity index (χ4v) is 1.71. The third-order valence-corrected chi connectivity index (χ3v) is 2.53. The predicted molar refractivity (Wildman–Crippen MR) is 60.2 cm³/mol.